The molecule has 0 saturated carbocycles. The van der Waals surface area contributed by atoms with Gasteiger partial charge in [0, 0.05) is 29.8 Å². The molecule has 0 atom stereocenters. The second-order valence-corrected chi connectivity index (χ2v) is 6.43. The maximum Gasteiger partial charge on any atom is 0.259 e. The Kier molecular flexibility index (Phi) is 5.43. The van der Waals surface area contributed by atoms with Crippen LogP contribution in [-0.4, -0.2) is 34.9 Å². The van der Waals surface area contributed by atoms with Crippen LogP contribution in [0.1, 0.15) is 10.4 Å². The van der Waals surface area contributed by atoms with Crippen molar-refractivity contribution in [1.29, 1.82) is 0 Å². The van der Waals surface area contributed by atoms with Crippen molar-refractivity contribution in [2.75, 3.05) is 19.5 Å². The zero-order valence-corrected chi connectivity index (χ0v) is 16.6. The quantitative estimate of drug-likeness (QED) is 0.525. The number of ether oxygens (including phenoxy) is 2. The molecule has 4 aromatic rings. The van der Waals surface area contributed by atoms with Crippen LogP contribution in [0.4, 0.5) is 5.69 Å². The van der Waals surface area contributed by atoms with Crippen LogP contribution in [0.25, 0.3) is 16.9 Å². The summed E-state index contributed by atoms with van der Waals surface area (Å²) in [4.78, 5) is 17.1. The molecule has 2 aromatic carbocycles. The highest BCUT2D eigenvalue weighted by molar-refractivity contribution is 6.08. The Morgan fingerprint density at radius 1 is 0.967 bits per heavy atom. The van der Waals surface area contributed by atoms with Crippen LogP contribution in [0.2, 0.25) is 0 Å². The Labute approximate surface area is 173 Å². The lowest BCUT2D eigenvalue weighted by molar-refractivity contribution is 0.102. The van der Waals surface area contributed by atoms with Gasteiger partial charge in [-0.25, -0.2) is 4.68 Å². The summed E-state index contributed by atoms with van der Waals surface area (Å²) in [5, 5.41) is 7.60. The normalized spacial score (nSPS) is 10.5. The maximum atomic E-state index is 13.2. The second kappa shape index (κ2) is 8.48. The average molecular weight is 400 g/mol. The van der Waals surface area contributed by atoms with E-state index in [2.05, 4.69) is 10.3 Å². The predicted molar refractivity (Wildman–Crippen MR) is 114 cm³/mol. The summed E-state index contributed by atoms with van der Waals surface area (Å²) >= 11 is 0. The summed E-state index contributed by atoms with van der Waals surface area (Å²) in [6, 6.07) is 18.5. The fourth-order valence-corrected chi connectivity index (χ4v) is 3.08. The molecule has 0 unspecified atom stereocenters. The number of para-hydroxylation sites is 1. The second-order valence-electron chi connectivity index (χ2n) is 6.43. The summed E-state index contributed by atoms with van der Waals surface area (Å²) in [5.41, 5.74) is 3.03. The van der Waals surface area contributed by atoms with Gasteiger partial charge in [-0.15, -0.1) is 0 Å². The molecule has 4 rings (SSSR count). The van der Waals surface area contributed by atoms with Crippen molar-refractivity contribution < 1.29 is 14.3 Å². The van der Waals surface area contributed by atoms with Crippen molar-refractivity contribution in [1.82, 2.24) is 14.8 Å². The molecule has 2 heterocycles. The van der Waals surface area contributed by atoms with Gasteiger partial charge in [0.1, 0.15) is 17.2 Å². The van der Waals surface area contributed by atoms with E-state index in [9.17, 15) is 4.79 Å². The maximum absolute atomic E-state index is 13.2. The van der Waals surface area contributed by atoms with E-state index in [0.717, 1.165) is 5.69 Å². The van der Waals surface area contributed by atoms with Gasteiger partial charge in [-0.1, -0.05) is 18.2 Å². The largest absolute Gasteiger partial charge is 0.497 e. The summed E-state index contributed by atoms with van der Waals surface area (Å²) in [7, 11) is 3.17. The first kappa shape index (κ1) is 19.2. The fraction of sp³-hybridized carbons (Fsp3) is 0.0870. The van der Waals surface area contributed by atoms with Crippen molar-refractivity contribution in [2.24, 2.45) is 0 Å². The number of nitrogens with zero attached hydrogens (tertiary/aromatic N) is 3. The molecule has 2 aromatic heterocycles. The predicted octanol–water partition coefficient (Wildman–Crippen LogP) is 4.20. The van der Waals surface area contributed by atoms with E-state index in [4.69, 9.17) is 14.6 Å². The first-order chi connectivity index (χ1) is 14.7. The number of aromatic nitrogens is 3. The van der Waals surface area contributed by atoms with Crippen LogP contribution < -0.4 is 14.8 Å². The van der Waals surface area contributed by atoms with Crippen molar-refractivity contribution in [3.8, 4) is 28.4 Å². The highest BCUT2D eigenvalue weighted by Gasteiger charge is 2.22. The van der Waals surface area contributed by atoms with E-state index in [1.54, 1.807) is 67.8 Å². The molecule has 150 valence electrons. The molecular weight excluding hydrogens is 380 g/mol. The minimum Gasteiger partial charge on any atom is -0.497 e. The molecular formula is C23H20N4O3. The molecule has 1 N–H and O–H groups in total. The van der Waals surface area contributed by atoms with Crippen molar-refractivity contribution in [3.05, 3.63) is 84.8 Å². The Morgan fingerprint density at radius 2 is 1.73 bits per heavy atom. The summed E-state index contributed by atoms with van der Waals surface area (Å²) in [6.45, 7) is 0. The number of rotatable bonds is 6. The number of carbonyl (C=O) groups is 1. The lowest BCUT2D eigenvalue weighted by Crippen LogP contribution is -2.12. The molecule has 0 aliphatic heterocycles. The van der Waals surface area contributed by atoms with E-state index in [1.807, 2.05) is 30.3 Å². The van der Waals surface area contributed by atoms with Gasteiger partial charge in [0.2, 0.25) is 0 Å². The Bertz CT molecular complexity index is 1160. The lowest BCUT2D eigenvalue weighted by Gasteiger charge is -2.10. The van der Waals surface area contributed by atoms with Crippen LogP contribution in [0, 0.1) is 0 Å². The van der Waals surface area contributed by atoms with Crippen molar-refractivity contribution >= 4 is 11.6 Å². The number of carbonyl (C=O) groups excluding carboxylic acids is 1. The molecule has 0 bridgehead atoms. The summed E-state index contributed by atoms with van der Waals surface area (Å²) in [5.74, 6) is 0.941. The molecule has 7 heteroatoms. The third kappa shape index (κ3) is 3.86. The van der Waals surface area contributed by atoms with Gasteiger partial charge in [0.25, 0.3) is 5.91 Å². The highest BCUT2D eigenvalue weighted by Crippen LogP contribution is 2.35. The summed E-state index contributed by atoms with van der Waals surface area (Å²) in [6.07, 6.45) is 4.95. The van der Waals surface area contributed by atoms with Crippen molar-refractivity contribution in [3.63, 3.8) is 0 Å². The number of hydrogen-bond acceptors (Lipinski definition) is 5. The SMILES string of the molecule is COc1ccc(OC)c(-c2nn(-c3ccccc3)cc2C(=O)Nc2ccncc2)c1. The molecule has 0 radical (unpaired) electrons. The number of nitrogens with one attached hydrogen (secondary N) is 1. The molecule has 7 nitrogen and oxygen atoms in total. The number of benzene rings is 2. The van der Waals surface area contributed by atoms with Crippen molar-refractivity contribution in [2.45, 2.75) is 0 Å². The number of amides is 1. The van der Waals surface area contributed by atoms with E-state index < -0.39 is 0 Å². The molecule has 1 amide bonds. The van der Waals surface area contributed by atoms with Gasteiger partial charge < -0.3 is 14.8 Å². The van der Waals surface area contributed by atoms with Crippen LogP contribution in [-0.2, 0) is 0 Å². The van der Waals surface area contributed by atoms with Gasteiger partial charge in [-0.05, 0) is 42.5 Å². The molecule has 0 aliphatic rings. The Balaban J connectivity index is 1.84. The smallest absolute Gasteiger partial charge is 0.259 e. The van der Waals surface area contributed by atoms with Gasteiger partial charge in [0.05, 0.1) is 25.5 Å². The van der Waals surface area contributed by atoms with E-state index in [-0.39, 0.29) is 5.91 Å². The van der Waals surface area contributed by atoms with Gasteiger partial charge in [0.15, 0.2) is 0 Å². The van der Waals surface area contributed by atoms with Crippen LogP contribution >= 0.6 is 0 Å². The van der Waals surface area contributed by atoms with E-state index in [1.165, 1.54) is 0 Å². The number of hydrogen-bond donors (Lipinski definition) is 1. The lowest BCUT2D eigenvalue weighted by atomic mass is 10.1. The average Bonchev–Trinajstić information content (AvgIpc) is 3.25. The van der Waals surface area contributed by atoms with E-state index in [0.29, 0.717) is 34.0 Å². The first-order valence-electron chi connectivity index (χ1n) is 9.28. The fourth-order valence-electron chi connectivity index (χ4n) is 3.08. The monoisotopic (exact) mass is 400 g/mol. The Hall–Kier alpha value is -4.13. The molecule has 0 aliphatic carbocycles. The summed E-state index contributed by atoms with van der Waals surface area (Å²) < 4.78 is 12.6. The van der Waals surface area contributed by atoms with Gasteiger partial charge in [-0.3, -0.25) is 9.78 Å². The standard InChI is InChI=1S/C23H20N4O3/c1-29-18-8-9-21(30-2)19(14-18)22-20(23(28)25-16-10-12-24-13-11-16)15-27(26-22)17-6-4-3-5-7-17/h3-15H,1-2H3,(H,24,25,28). The minimum absolute atomic E-state index is 0.289. The highest BCUT2D eigenvalue weighted by atomic mass is 16.5. The molecule has 0 fully saturated rings. The topological polar surface area (TPSA) is 78.3 Å². The molecule has 0 spiro atoms. The third-order valence-electron chi connectivity index (χ3n) is 4.58. The third-order valence-corrected chi connectivity index (χ3v) is 4.58. The number of methoxy groups -OCH3 is 2. The number of pyridine rings is 1. The van der Waals surface area contributed by atoms with Crippen LogP contribution in [0.3, 0.4) is 0 Å². The van der Waals surface area contributed by atoms with Gasteiger partial charge >= 0.3 is 0 Å². The van der Waals surface area contributed by atoms with Crippen LogP contribution in [0.15, 0.2) is 79.3 Å². The zero-order valence-electron chi connectivity index (χ0n) is 16.6. The minimum atomic E-state index is -0.289. The zero-order chi connectivity index (χ0) is 20.9. The molecule has 0 saturated heterocycles. The van der Waals surface area contributed by atoms with E-state index >= 15 is 0 Å². The molecule has 30 heavy (non-hydrogen) atoms. The van der Waals surface area contributed by atoms with Crippen LogP contribution in [0.5, 0.6) is 11.5 Å². The van der Waals surface area contributed by atoms with Gasteiger partial charge in [-0.2, -0.15) is 5.10 Å². The first-order valence-corrected chi connectivity index (χ1v) is 9.28. The Morgan fingerprint density at radius 3 is 2.43 bits per heavy atom. The number of anilines is 1.